The van der Waals surface area contributed by atoms with Gasteiger partial charge in [0.25, 0.3) is 11.8 Å². The summed E-state index contributed by atoms with van der Waals surface area (Å²) in [4.78, 5) is 24.9. The topological polar surface area (TPSA) is 76.7 Å². The average Bonchev–Trinajstić information content (AvgIpc) is 2.73. The van der Waals surface area contributed by atoms with Gasteiger partial charge in [-0.2, -0.15) is 0 Å². The first-order chi connectivity index (χ1) is 14.1. The van der Waals surface area contributed by atoms with Gasteiger partial charge in [0, 0.05) is 6.07 Å². The van der Waals surface area contributed by atoms with Crippen LogP contribution in [0.4, 0.5) is 15.8 Å². The summed E-state index contributed by atoms with van der Waals surface area (Å²) in [6.07, 6.45) is 0. The van der Waals surface area contributed by atoms with E-state index in [1.165, 1.54) is 25.3 Å². The maximum atomic E-state index is 13.2. The van der Waals surface area contributed by atoms with Crippen LogP contribution in [-0.4, -0.2) is 25.5 Å². The second-order valence-electron chi connectivity index (χ2n) is 5.99. The molecule has 0 unspecified atom stereocenters. The molecule has 0 aliphatic heterocycles. The molecule has 0 radical (unpaired) electrons. The molecule has 0 aromatic heterocycles. The number of carbonyl (C=O) groups excluding carboxylic acids is 2. The molecule has 29 heavy (non-hydrogen) atoms. The molecule has 6 nitrogen and oxygen atoms in total. The first-order valence-corrected chi connectivity index (χ1v) is 8.78. The minimum atomic E-state index is -0.480. The Bertz CT molecular complexity index is 1020. The van der Waals surface area contributed by atoms with Crippen LogP contribution in [0, 0.1) is 5.82 Å². The molecule has 3 aromatic carbocycles. The van der Waals surface area contributed by atoms with E-state index in [2.05, 4.69) is 10.6 Å². The Balaban J connectivity index is 1.68. The molecule has 0 bridgehead atoms. The van der Waals surface area contributed by atoms with E-state index in [1.54, 1.807) is 54.6 Å². The number of para-hydroxylation sites is 3. The number of hydrogen-bond acceptors (Lipinski definition) is 4. The lowest BCUT2D eigenvalue weighted by molar-refractivity contribution is -0.118. The zero-order valence-electron chi connectivity index (χ0n) is 15.6. The monoisotopic (exact) mass is 394 g/mol. The summed E-state index contributed by atoms with van der Waals surface area (Å²) in [6.45, 7) is -0.327. The number of nitrogens with one attached hydrogen (secondary N) is 2. The summed E-state index contributed by atoms with van der Waals surface area (Å²) in [5.74, 6) is -0.585. The summed E-state index contributed by atoms with van der Waals surface area (Å²) in [7, 11) is 1.51. The van der Waals surface area contributed by atoms with Crippen molar-refractivity contribution in [3.05, 3.63) is 84.2 Å². The zero-order chi connectivity index (χ0) is 20.6. The van der Waals surface area contributed by atoms with Crippen LogP contribution in [0.3, 0.4) is 0 Å². The zero-order valence-corrected chi connectivity index (χ0v) is 15.6. The molecular weight excluding hydrogens is 375 g/mol. The lowest BCUT2D eigenvalue weighted by Gasteiger charge is -2.13. The smallest absolute Gasteiger partial charge is 0.262 e. The van der Waals surface area contributed by atoms with Crippen molar-refractivity contribution in [1.29, 1.82) is 0 Å². The molecule has 0 aliphatic rings. The van der Waals surface area contributed by atoms with Crippen LogP contribution in [0.15, 0.2) is 72.8 Å². The number of rotatable bonds is 7. The number of benzene rings is 3. The highest BCUT2D eigenvalue weighted by Gasteiger charge is 2.15. The van der Waals surface area contributed by atoms with Crippen molar-refractivity contribution in [1.82, 2.24) is 0 Å². The Hall–Kier alpha value is -3.87. The van der Waals surface area contributed by atoms with E-state index in [-0.39, 0.29) is 17.9 Å². The molecule has 0 aliphatic carbocycles. The van der Waals surface area contributed by atoms with Crippen molar-refractivity contribution in [3.63, 3.8) is 0 Å². The van der Waals surface area contributed by atoms with E-state index in [1.807, 2.05) is 0 Å². The Kier molecular flexibility index (Phi) is 6.42. The van der Waals surface area contributed by atoms with Gasteiger partial charge >= 0.3 is 0 Å². The molecule has 0 saturated heterocycles. The van der Waals surface area contributed by atoms with Gasteiger partial charge in [-0.25, -0.2) is 4.39 Å². The predicted octanol–water partition coefficient (Wildman–Crippen LogP) is 4.10. The fourth-order valence-electron chi connectivity index (χ4n) is 2.62. The summed E-state index contributed by atoms with van der Waals surface area (Å²) in [5, 5.41) is 5.41. The van der Waals surface area contributed by atoms with Gasteiger partial charge in [-0.15, -0.1) is 0 Å². The van der Waals surface area contributed by atoms with Crippen LogP contribution in [0.25, 0.3) is 0 Å². The molecular formula is C22H19FN2O4. The number of halogens is 1. The van der Waals surface area contributed by atoms with E-state index in [4.69, 9.17) is 9.47 Å². The number of methoxy groups -OCH3 is 1. The third kappa shape index (κ3) is 5.32. The number of anilines is 2. The molecule has 3 rings (SSSR count). The van der Waals surface area contributed by atoms with Crippen LogP contribution in [-0.2, 0) is 4.79 Å². The maximum absolute atomic E-state index is 13.2. The molecule has 0 fully saturated rings. The largest absolute Gasteiger partial charge is 0.495 e. The minimum Gasteiger partial charge on any atom is -0.495 e. The molecule has 2 N–H and O–H groups in total. The number of carbonyl (C=O) groups is 2. The fourth-order valence-corrected chi connectivity index (χ4v) is 2.62. The summed E-state index contributed by atoms with van der Waals surface area (Å²) >= 11 is 0. The summed E-state index contributed by atoms with van der Waals surface area (Å²) < 4.78 is 23.7. The van der Waals surface area contributed by atoms with E-state index in [0.717, 1.165) is 0 Å². The molecule has 3 aromatic rings. The van der Waals surface area contributed by atoms with Gasteiger partial charge in [-0.3, -0.25) is 9.59 Å². The normalized spacial score (nSPS) is 10.1. The van der Waals surface area contributed by atoms with Gasteiger partial charge in [0.15, 0.2) is 6.61 Å². The van der Waals surface area contributed by atoms with Crippen LogP contribution >= 0.6 is 0 Å². The van der Waals surface area contributed by atoms with Gasteiger partial charge in [-0.1, -0.05) is 30.3 Å². The van der Waals surface area contributed by atoms with Gasteiger partial charge < -0.3 is 20.1 Å². The molecule has 0 spiro atoms. The molecule has 0 heterocycles. The predicted molar refractivity (Wildman–Crippen MR) is 108 cm³/mol. The number of hydrogen-bond donors (Lipinski definition) is 2. The van der Waals surface area contributed by atoms with E-state index in [9.17, 15) is 14.0 Å². The first kappa shape index (κ1) is 19.9. The Morgan fingerprint density at radius 2 is 1.62 bits per heavy atom. The van der Waals surface area contributed by atoms with Crippen molar-refractivity contribution in [2.75, 3.05) is 24.4 Å². The fraction of sp³-hybridized carbons (Fsp3) is 0.0909. The molecule has 2 amide bonds. The van der Waals surface area contributed by atoms with E-state index in [0.29, 0.717) is 17.1 Å². The Labute approximate surface area is 167 Å². The second-order valence-corrected chi connectivity index (χ2v) is 5.99. The average molecular weight is 394 g/mol. The van der Waals surface area contributed by atoms with Gasteiger partial charge in [0.2, 0.25) is 0 Å². The summed E-state index contributed by atoms with van der Waals surface area (Å²) in [5.41, 5.74) is 1.11. The minimum absolute atomic E-state index is 0.238. The van der Waals surface area contributed by atoms with Crippen molar-refractivity contribution in [2.45, 2.75) is 0 Å². The Morgan fingerprint density at radius 3 is 2.38 bits per heavy atom. The highest BCUT2D eigenvalue weighted by Crippen LogP contribution is 2.25. The molecule has 0 atom stereocenters. The van der Waals surface area contributed by atoms with E-state index < -0.39 is 17.6 Å². The number of amides is 2. The van der Waals surface area contributed by atoms with Gasteiger partial charge in [0.05, 0.1) is 24.0 Å². The maximum Gasteiger partial charge on any atom is 0.262 e. The van der Waals surface area contributed by atoms with Gasteiger partial charge in [0.1, 0.15) is 17.3 Å². The van der Waals surface area contributed by atoms with Crippen molar-refractivity contribution in [3.8, 4) is 11.5 Å². The second kappa shape index (κ2) is 9.36. The molecule has 7 heteroatoms. The third-order valence-corrected chi connectivity index (χ3v) is 3.97. The first-order valence-electron chi connectivity index (χ1n) is 8.78. The van der Waals surface area contributed by atoms with Crippen LogP contribution in [0.1, 0.15) is 10.4 Å². The van der Waals surface area contributed by atoms with Crippen LogP contribution in [0.5, 0.6) is 11.5 Å². The van der Waals surface area contributed by atoms with Crippen LogP contribution < -0.4 is 20.1 Å². The van der Waals surface area contributed by atoms with Crippen LogP contribution in [0.2, 0.25) is 0 Å². The third-order valence-electron chi connectivity index (χ3n) is 3.97. The molecule has 148 valence electrons. The lowest BCUT2D eigenvalue weighted by Crippen LogP contribution is -2.23. The van der Waals surface area contributed by atoms with Gasteiger partial charge in [-0.05, 0) is 36.4 Å². The highest BCUT2D eigenvalue weighted by molar-refractivity contribution is 6.10. The summed E-state index contributed by atoms with van der Waals surface area (Å²) in [6, 6.07) is 19.1. The van der Waals surface area contributed by atoms with Crippen molar-refractivity contribution >= 4 is 23.2 Å². The van der Waals surface area contributed by atoms with Crippen molar-refractivity contribution < 1.29 is 23.5 Å². The highest BCUT2D eigenvalue weighted by atomic mass is 19.1. The molecule has 0 saturated carbocycles. The standard InChI is InChI=1S/C22H19FN2O4/c1-28-20-12-5-4-11-19(20)25-22(27)17-9-2-3-10-18(17)24-21(26)14-29-16-8-6-7-15(23)13-16/h2-13H,14H2,1H3,(H,24,26)(H,25,27). The Morgan fingerprint density at radius 1 is 0.897 bits per heavy atom. The van der Waals surface area contributed by atoms with Crippen molar-refractivity contribution in [2.24, 2.45) is 0 Å². The number of ether oxygens (including phenoxy) is 2. The quantitative estimate of drug-likeness (QED) is 0.632. The lowest BCUT2D eigenvalue weighted by atomic mass is 10.1. The SMILES string of the molecule is COc1ccccc1NC(=O)c1ccccc1NC(=O)COc1cccc(F)c1. The van der Waals surface area contributed by atoms with E-state index >= 15 is 0 Å².